The number of nitrogens with one attached hydrogen (secondary N) is 1. The van der Waals surface area contributed by atoms with Gasteiger partial charge in [-0.2, -0.15) is 4.99 Å². The fourth-order valence-electron chi connectivity index (χ4n) is 3.85. The Kier molecular flexibility index (Phi) is 9.95. The van der Waals surface area contributed by atoms with Crippen molar-refractivity contribution in [3.8, 4) is 0 Å². The number of rotatable bonds is 13. The molecule has 0 bridgehead atoms. The highest BCUT2D eigenvalue weighted by Gasteiger charge is 2.18. The lowest BCUT2D eigenvalue weighted by Gasteiger charge is -2.15. The Morgan fingerprint density at radius 1 is 1.23 bits per heavy atom. The number of thiazole rings is 2. The van der Waals surface area contributed by atoms with Crippen LogP contribution in [0.15, 0.2) is 34.6 Å². The molecule has 1 N–H and O–H groups in total. The predicted molar refractivity (Wildman–Crippen MR) is 162 cm³/mol. The first-order valence-corrected chi connectivity index (χ1v) is 18.5. The Morgan fingerprint density at radius 3 is 2.77 bits per heavy atom. The normalized spacial score (nSPS) is 12.2. The molecule has 4 rings (SSSR count). The third-order valence-electron chi connectivity index (χ3n) is 6.05. The van der Waals surface area contributed by atoms with Crippen LogP contribution in [0.5, 0.6) is 0 Å². The molecule has 0 saturated heterocycles. The van der Waals surface area contributed by atoms with Gasteiger partial charge in [-0.3, -0.25) is 4.57 Å². The topological polar surface area (TPSA) is 121 Å². The number of anilines is 2. The average Bonchev–Trinajstić information content (AvgIpc) is 3.52. The van der Waals surface area contributed by atoms with Gasteiger partial charge in [-0.15, -0.1) is 21.5 Å². The van der Waals surface area contributed by atoms with Crippen LogP contribution in [0.3, 0.4) is 0 Å². The van der Waals surface area contributed by atoms with E-state index in [1.54, 1.807) is 23.6 Å². The van der Waals surface area contributed by atoms with E-state index in [0.717, 1.165) is 38.5 Å². The number of fused-ring (bicyclic) bond motifs is 1. The molecule has 0 spiro atoms. The van der Waals surface area contributed by atoms with Gasteiger partial charge in [-0.25, -0.2) is 9.78 Å². The van der Waals surface area contributed by atoms with Crippen LogP contribution in [0, 0.1) is 6.92 Å². The van der Waals surface area contributed by atoms with E-state index in [1.807, 2.05) is 19.1 Å². The highest BCUT2D eigenvalue weighted by molar-refractivity contribution is 7.16. The molecule has 0 aliphatic rings. The first-order chi connectivity index (χ1) is 19.2. The van der Waals surface area contributed by atoms with Gasteiger partial charge in [-0.1, -0.05) is 43.1 Å². The van der Waals surface area contributed by atoms with Crippen molar-refractivity contribution in [2.45, 2.75) is 59.1 Å². The first-order valence-electron chi connectivity index (χ1n) is 13.1. The summed E-state index contributed by atoms with van der Waals surface area (Å²) >= 11 is 2.83. The fraction of sp³-hybridized carbons (Fsp3) is 0.407. The number of benzene rings is 1. The highest BCUT2D eigenvalue weighted by atomic mass is 32.1. The summed E-state index contributed by atoms with van der Waals surface area (Å²) in [6.45, 7) is 12.0. The van der Waals surface area contributed by atoms with Gasteiger partial charge in [0.25, 0.3) is 0 Å². The molecule has 0 atom stereocenters. The maximum atomic E-state index is 12.0. The summed E-state index contributed by atoms with van der Waals surface area (Å²) in [6.07, 6.45) is 1.65. The molecule has 40 heavy (non-hydrogen) atoms. The molecule has 3 heterocycles. The van der Waals surface area contributed by atoms with Crippen molar-refractivity contribution in [2.75, 3.05) is 18.5 Å². The number of ether oxygens (including phenoxy) is 2. The zero-order valence-electron chi connectivity index (χ0n) is 23.4. The van der Waals surface area contributed by atoms with Crippen LogP contribution >= 0.6 is 22.7 Å². The van der Waals surface area contributed by atoms with Gasteiger partial charge in [0, 0.05) is 37.6 Å². The maximum absolute atomic E-state index is 12.0. The maximum Gasteiger partial charge on any atom is 0.357 e. The van der Waals surface area contributed by atoms with Crippen molar-refractivity contribution in [1.29, 1.82) is 0 Å². The van der Waals surface area contributed by atoms with Crippen LogP contribution in [0.25, 0.3) is 10.2 Å². The molecule has 0 saturated carbocycles. The number of carbonyl (C=O) groups excluding carboxylic acids is 2. The minimum absolute atomic E-state index is 0.224. The summed E-state index contributed by atoms with van der Waals surface area (Å²) in [5, 5.41) is 14.1. The summed E-state index contributed by atoms with van der Waals surface area (Å²) in [5.74, 6) is 0.465. The number of hydrogen-bond donors (Lipinski definition) is 1. The van der Waals surface area contributed by atoms with Gasteiger partial charge in [0.2, 0.25) is 0 Å². The number of aldehydes is 1. The van der Waals surface area contributed by atoms with Crippen LogP contribution in [0.1, 0.15) is 35.0 Å². The largest absolute Gasteiger partial charge is 0.461 e. The molecule has 0 aliphatic heterocycles. The molecule has 0 radical (unpaired) electrons. The summed E-state index contributed by atoms with van der Waals surface area (Å²) in [7, 11) is -1.21. The van der Waals surface area contributed by atoms with Crippen LogP contribution in [-0.4, -0.2) is 53.3 Å². The minimum Gasteiger partial charge on any atom is -0.461 e. The molecule has 13 heteroatoms. The van der Waals surface area contributed by atoms with E-state index < -0.39 is 14.0 Å². The Hall–Kier alpha value is -3.26. The third-order valence-corrected chi connectivity index (χ3v) is 9.57. The van der Waals surface area contributed by atoms with Gasteiger partial charge >= 0.3 is 5.97 Å². The van der Waals surface area contributed by atoms with Gasteiger partial charge < -0.3 is 19.6 Å². The SMILES string of the molecule is CCOC(=O)c1csc(Nc2nnc(N=c3sc4ccccc4n3COCC[Si](C)(C)C)c(C)c2CCC=O)n1. The second-order valence-corrected chi connectivity index (χ2v) is 17.8. The summed E-state index contributed by atoms with van der Waals surface area (Å²) < 4.78 is 14.3. The molecule has 0 amide bonds. The van der Waals surface area contributed by atoms with E-state index in [4.69, 9.17) is 14.5 Å². The lowest BCUT2D eigenvalue weighted by atomic mass is 10.1. The molecule has 0 fully saturated rings. The van der Waals surface area contributed by atoms with Crippen LogP contribution < -0.4 is 10.1 Å². The number of aromatic nitrogens is 4. The predicted octanol–water partition coefficient (Wildman–Crippen LogP) is 5.85. The monoisotopic (exact) mass is 598 g/mol. The van der Waals surface area contributed by atoms with E-state index in [2.05, 4.69) is 56.8 Å². The molecule has 0 aliphatic carbocycles. The molecule has 3 aromatic heterocycles. The molecule has 212 valence electrons. The van der Waals surface area contributed by atoms with Crippen molar-refractivity contribution in [2.24, 2.45) is 4.99 Å². The molecule has 1 aromatic carbocycles. The standard InChI is InChI=1S/C27H34N6O4S2Si/c1-6-37-25(35)20-16-38-26(28-20)29-24-19(10-9-13-34)18(2)23(31-32-24)30-27-33(17-36-14-15-40(3,4)5)21-11-7-8-12-22(21)39-27/h7-8,11-13,16H,6,9-10,14-15,17H2,1-5H3,(H,28,29,32). The Labute approximate surface area is 242 Å². The lowest BCUT2D eigenvalue weighted by molar-refractivity contribution is -0.107. The second kappa shape index (κ2) is 13.4. The number of hydrogen-bond acceptors (Lipinski definition) is 11. The zero-order chi connectivity index (χ0) is 28.7. The van der Waals surface area contributed by atoms with Gasteiger partial charge in [0.15, 0.2) is 27.3 Å². The number of carbonyl (C=O) groups is 2. The van der Waals surface area contributed by atoms with Crippen LogP contribution in [0.4, 0.5) is 16.8 Å². The minimum atomic E-state index is -1.21. The van der Waals surface area contributed by atoms with Gasteiger partial charge in [0.1, 0.15) is 13.0 Å². The quantitative estimate of drug-likeness (QED) is 0.0880. The third kappa shape index (κ3) is 7.47. The van der Waals surface area contributed by atoms with Crippen molar-refractivity contribution in [3.63, 3.8) is 0 Å². The molecule has 4 aromatic rings. The summed E-state index contributed by atoms with van der Waals surface area (Å²) in [5.41, 5.74) is 2.89. The zero-order valence-corrected chi connectivity index (χ0v) is 26.0. The van der Waals surface area contributed by atoms with Crippen LogP contribution in [0.2, 0.25) is 25.7 Å². The van der Waals surface area contributed by atoms with Crippen LogP contribution in [-0.2, 0) is 27.4 Å². The molecular formula is C27H34N6O4S2Si. The Morgan fingerprint density at radius 2 is 2.02 bits per heavy atom. The molecule has 10 nitrogen and oxygen atoms in total. The van der Waals surface area contributed by atoms with Crippen molar-refractivity contribution < 1.29 is 19.1 Å². The lowest BCUT2D eigenvalue weighted by Crippen LogP contribution is -2.23. The fourth-order valence-corrected chi connectivity index (χ4v) is 6.30. The first kappa shape index (κ1) is 29.7. The van der Waals surface area contributed by atoms with E-state index >= 15 is 0 Å². The smallest absolute Gasteiger partial charge is 0.357 e. The Balaban J connectivity index is 1.68. The van der Waals surface area contributed by atoms with Gasteiger partial charge in [-0.05, 0) is 38.4 Å². The average molecular weight is 599 g/mol. The molecular weight excluding hydrogens is 565 g/mol. The summed E-state index contributed by atoms with van der Waals surface area (Å²) in [6, 6.07) is 9.23. The summed E-state index contributed by atoms with van der Waals surface area (Å²) in [4.78, 5) is 33.3. The number of esters is 1. The molecule has 0 unspecified atom stereocenters. The van der Waals surface area contributed by atoms with Crippen molar-refractivity contribution in [1.82, 2.24) is 19.7 Å². The number of para-hydroxylation sites is 1. The Bertz CT molecular complexity index is 1560. The highest BCUT2D eigenvalue weighted by Crippen LogP contribution is 2.29. The second-order valence-electron chi connectivity index (χ2n) is 10.3. The van der Waals surface area contributed by atoms with E-state index in [0.29, 0.717) is 42.9 Å². The van der Waals surface area contributed by atoms with E-state index in [1.165, 1.54) is 11.3 Å². The number of nitrogens with zero attached hydrogens (tertiary/aromatic N) is 5. The van der Waals surface area contributed by atoms with Gasteiger partial charge in [0.05, 0.1) is 16.8 Å². The van der Waals surface area contributed by atoms with E-state index in [-0.39, 0.29) is 12.3 Å². The van der Waals surface area contributed by atoms with Crippen molar-refractivity contribution >= 4 is 70.0 Å². The van der Waals surface area contributed by atoms with E-state index in [9.17, 15) is 9.59 Å². The van der Waals surface area contributed by atoms with Crippen molar-refractivity contribution in [3.05, 3.63) is 51.3 Å².